The number of rotatable bonds is 7. The largest absolute Gasteiger partial charge is 0.484 e. The number of aromatic nitrogens is 6. The summed E-state index contributed by atoms with van der Waals surface area (Å²) in [5.74, 6) is 2.66. The van der Waals surface area contributed by atoms with Crippen LogP contribution in [0, 0.1) is 6.92 Å². The van der Waals surface area contributed by atoms with E-state index in [4.69, 9.17) is 9.15 Å². The van der Waals surface area contributed by atoms with Crippen LogP contribution in [-0.2, 0) is 12.4 Å². The molecule has 0 N–H and O–H groups in total. The molecule has 0 saturated heterocycles. The standard InChI is InChI=1S/C15H16N6O2S/c1-10-3-2-4-12(7-10)22-8-14-17-18-15(23-14)24-9-13-16-19-20-21(13)11-5-6-11/h2-4,7,11H,5-6,8-9H2,1H3. The molecule has 0 atom stereocenters. The van der Waals surface area contributed by atoms with Gasteiger partial charge in [-0.15, -0.1) is 15.3 Å². The molecule has 1 aliphatic rings. The van der Waals surface area contributed by atoms with Gasteiger partial charge in [-0.3, -0.25) is 0 Å². The second-order valence-corrected chi connectivity index (χ2v) is 6.55. The quantitative estimate of drug-likeness (QED) is 0.604. The van der Waals surface area contributed by atoms with Crippen molar-refractivity contribution in [1.29, 1.82) is 0 Å². The van der Waals surface area contributed by atoms with E-state index in [1.54, 1.807) is 0 Å². The molecule has 0 unspecified atom stereocenters. The van der Waals surface area contributed by atoms with Gasteiger partial charge in [0, 0.05) is 0 Å². The number of aryl methyl sites for hydroxylation is 1. The zero-order valence-electron chi connectivity index (χ0n) is 13.1. The first-order chi connectivity index (χ1) is 11.8. The van der Waals surface area contributed by atoms with Crippen molar-refractivity contribution < 1.29 is 9.15 Å². The summed E-state index contributed by atoms with van der Waals surface area (Å²) >= 11 is 1.42. The van der Waals surface area contributed by atoms with Gasteiger partial charge >= 0.3 is 0 Å². The minimum absolute atomic E-state index is 0.247. The number of thioether (sulfide) groups is 1. The Morgan fingerprint density at radius 2 is 2.21 bits per heavy atom. The molecule has 0 aliphatic heterocycles. The average Bonchev–Trinajstić information content (AvgIpc) is 3.15. The van der Waals surface area contributed by atoms with Crippen LogP contribution >= 0.6 is 11.8 Å². The zero-order chi connectivity index (χ0) is 16.4. The molecular formula is C15H16N6O2S. The van der Waals surface area contributed by atoms with Crippen molar-refractivity contribution in [1.82, 2.24) is 30.4 Å². The Hall–Kier alpha value is -2.42. The summed E-state index contributed by atoms with van der Waals surface area (Å²) in [5.41, 5.74) is 1.14. The predicted molar refractivity (Wildman–Crippen MR) is 85.5 cm³/mol. The number of benzene rings is 1. The van der Waals surface area contributed by atoms with Crippen LogP contribution in [0.3, 0.4) is 0 Å². The van der Waals surface area contributed by atoms with Gasteiger partial charge in [0.15, 0.2) is 12.4 Å². The molecule has 0 amide bonds. The fourth-order valence-electron chi connectivity index (χ4n) is 2.24. The molecule has 24 heavy (non-hydrogen) atoms. The van der Waals surface area contributed by atoms with Gasteiger partial charge in [-0.1, -0.05) is 23.9 Å². The van der Waals surface area contributed by atoms with Crippen LogP contribution in [0.1, 0.15) is 36.2 Å². The van der Waals surface area contributed by atoms with Gasteiger partial charge < -0.3 is 9.15 Å². The molecule has 2 aromatic heterocycles. The third-order valence-corrected chi connectivity index (χ3v) is 4.39. The van der Waals surface area contributed by atoms with Crippen molar-refractivity contribution in [2.75, 3.05) is 0 Å². The zero-order valence-corrected chi connectivity index (χ0v) is 13.9. The third-order valence-electron chi connectivity index (χ3n) is 3.58. The summed E-state index contributed by atoms with van der Waals surface area (Å²) in [6, 6.07) is 8.28. The highest BCUT2D eigenvalue weighted by atomic mass is 32.2. The first kappa shape index (κ1) is 15.1. The van der Waals surface area contributed by atoms with Gasteiger partial charge in [-0.05, 0) is 47.9 Å². The number of ether oxygens (including phenoxy) is 1. The fraction of sp³-hybridized carbons (Fsp3) is 0.400. The molecule has 8 nitrogen and oxygen atoms in total. The van der Waals surface area contributed by atoms with E-state index in [9.17, 15) is 0 Å². The van der Waals surface area contributed by atoms with Crippen LogP contribution in [0.5, 0.6) is 5.75 Å². The summed E-state index contributed by atoms with van der Waals surface area (Å²) in [6.45, 7) is 2.26. The summed E-state index contributed by atoms with van der Waals surface area (Å²) in [7, 11) is 0. The fourth-order valence-corrected chi connectivity index (χ4v) is 2.94. The highest BCUT2D eigenvalue weighted by molar-refractivity contribution is 7.98. The van der Waals surface area contributed by atoms with Crippen LogP contribution in [0.4, 0.5) is 0 Å². The molecule has 0 spiro atoms. The van der Waals surface area contributed by atoms with Gasteiger partial charge in [0.25, 0.3) is 11.1 Å². The van der Waals surface area contributed by atoms with E-state index < -0.39 is 0 Å². The lowest BCUT2D eigenvalue weighted by Crippen LogP contribution is -2.02. The lowest BCUT2D eigenvalue weighted by atomic mass is 10.2. The van der Waals surface area contributed by atoms with E-state index in [1.807, 2.05) is 35.9 Å². The van der Waals surface area contributed by atoms with Crippen molar-refractivity contribution in [3.8, 4) is 5.75 Å². The second kappa shape index (κ2) is 6.60. The van der Waals surface area contributed by atoms with Crippen LogP contribution in [0.15, 0.2) is 33.9 Å². The Balaban J connectivity index is 1.32. The topological polar surface area (TPSA) is 91.8 Å². The SMILES string of the molecule is Cc1cccc(OCc2nnc(SCc3nnnn3C3CC3)o2)c1. The first-order valence-corrected chi connectivity index (χ1v) is 8.68. The lowest BCUT2D eigenvalue weighted by molar-refractivity contribution is 0.252. The molecule has 0 radical (unpaired) electrons. The molecule has 1 aromatic carbocycles. The van der Waals surface area contributed by atoms with E-state index >= 15 is 0 Å². The van der Waals surface area contributed by atoms with E-state index in [0.29, 0.717) is 22.9 Å². The molecule has 0 bridgehead atoms. The highest BCUT2D eigenvalue weighted by Gasteiger charge is 2.27. The maximum Gasteiger partial charge on any atom is 0.277 e. The van der Waals surface area contributed by atoms with E-state index in [1.165, 1.54) is 11.8 Å². The minimum Gasteiger partial charge on any atom is -0.484 e. The van der Waals surface area contributed by atoms with E-state index in [2.05, 4.69) is 25.7 Å². The van der Waals surface area contributed by atoms with Crippen LogP contribution < -0.4 is 4.74 Å². The van der Waals surface area contributed by atoms with Crippen LogP contribution in [0.25, 0.3) is 0 Å². The Morgan fingerprint density at radius 1 is 1.29 bits per heavy atom. The summed E-state index contributed by atoms with van der Waals surface area (Å²) in [4.78, 5) is 0. The molecular weight excluding hydrogens is 328 g/mol. The molecule has 1 aliphatic carbocycles. The average molecular weight is 344 g/mol. The number of hydrogen-bond donors (Lipinski definition) is 0. The van der Waals surface area contributed by atoms with Crippen molar-refractivity contribution in [3.05, 3.63) is 41.5 Å². The number of hydrogen-bond acceptors (Lipinski definition) is 8. The van der Waals surface area contributed by atoms with Gasteiger partial charge in [-0.2, -0.15) is 0 Å². The van der Waals surface area contributed by atoms with Gasteiger partial charge in [0.05, 0.1) is 11.8 Å². The Kier molecular flexibility index (Phi) is 4.16. The van der Waals surface area contributed by atoms with Gasteiger partial charge in [0.2, 0.25) is 0 Å². The van der Waals surface area contributed by atoms with Gasteiger partial charge in [0.1, 0.15) is 5.75 Å². The molecule has 4 rings (SSSR count). The molecule has 2 heterocycles. The molecule has 9 heteroatoms. The van der Waals surface area contributed by atoms with Crippen LogP contribution in [-0.4, -0.2) is 30.4 Å². The maximum absolute atomic E-state index is 5.65. The Labute approximate surface area is 142 Å². The van der Waals surface area contributed by atoms with Crippen molar-refractivity contribution in [2.24, 2.45) is 0 Å². The lowest BCUT2D eigenvalue weighted by Gasteiger charge is -2.03. The van der Waals surface area contributed by atoms with Crippen molar-refractivity contribution >= 4 is 11.8 Å². The predicted octanol–water partition coefficient (Wildman–Crippen LogP) is 2.57. The van der Waals surface area contributed by atoms with Gasteiger partial charge in [-0.25, -0.2) is 4.68 Å². The van der Waals surface area contributed by atoms with E-state index in [0.717, 1.165) is 30.0 Å². The summed E-state index contributed by atoms with van der Waals surface area (Å²) < 4.78 is 13.1. The smallest absolute Gasteiger partial charge is 0.277 e. The monoisotopic (exact) mass is 344 g/mol. The summed E-state index contributed by atoms with van der Waals surface area (Å²) in [6.07, 6.45) is 2.29. The third kappa shape index (κ3) is 3.56. The number of nitrogens with zero attached hydrogens (tertiary/aromatic N) is 6. The molecule has 1 fully saturated rings. The van der Waals surface area contributed by atoms with Crippen molar-refractivity contribution in [2.45, 2.75) is 43.4 Å². The molecule has 124 valence electrons. The van der Waals surface area contributed by atoms with Crippen LogP contribution in [0.2, 0.25) is 0 Å². The van der Waals surface area contributed by atoms with E-state index in [-0.39, 0.29) is 6.61 Å². The Bertz CT molecular complexity index is 829. The molecule has 3 aromatic rings. The summed E-state index contributed by atoms with van der Waals surface area (Å²) in [5, 5.41) is 20.3. The van der Waals surface area contributed by atoms with Crippen molar-refractivity contribution in [3.63, 3.8) is 0 Å². The number of tetrazole rings is 1. The highest BCUT2D eigenvalue weighted by Crippen LogP contribution is 2.35. The molecule has 1 saturated carbocycles. The second-order valence-electron chi connectivity index (χ2n) is 5.63. The normalized spacial score (nSPS) is 14.0. The Morgan fingerprint density at radius 3 is 3.04 bits per heavy atom. The first-order valence-electron chi connectivity index (χ1n) is 7.69. The maximum atomic E-state index is 5.65. The minimum atomic E-state index is 0.247.